The summed E-state index contributed by atoms with van der Waals surface area (Å²) in [4.78, 5) is 5.68. The Bertz CT molecular complexity index is 558. The fourth-order valence-corrected chi connectivity index (χ4v) is 3.11. The summed E-state index contributed by atoms with van der Waals surface area (Å²) in [5, 5.41) is 4.79. The maximum absolute atomic E-state index is 5.99. The first-order valence-corrected chi connectivity index (χ1v) is 7.36. The Morgan fingerprint density at radius 1 is 1.53 bits per heavy atom. The van der Waals surface area contributed by atoms with Gasteiger partial charge in [0.15, 0.2) is 5.82 Å². The third kappa shape index (κ3) is 2.64. The SMILES string of the molecule is CCc1cc(-c2nc(CC3CCOC3)no2)c(N)s1. The highest BCUT2D eigenvalue weighted by molar-refractivity contribution is 7.16. The van der Waals surface area contributed by atoms with Gasteiger partial charge in [-0.2, -0.15) is 4.98 Å². The van der Waals surface area contributed by atoms with Crippen LogP contribution in [0, 0.1) is 5.92 Å². The van der Waals surface area contributed by atoms with Gasteiger partial charge in [-0.1, -0.05) is 12.1 Å². The molecule has 3 heterocycles. The number of thiophene rings is 1. The molecule has 2 aromatic rings. The first-order valence-electron chi connectivity index (χ1n) is 6.55. The topological polar surface area (TPSA) is 74.2 Å². The molecule has 2 N–H and O–H groups in total. The van der Waals surface area contributed by atoms with Gasteiger partial charge in [-0.05, 0) is 24.8 Å². The molecule has 19 heavy (non-hydrogen) atoms. The highest BCUT2D eigenvalue weighted by Gasteiger charge is 2.20. The zero-order chi connectivity index (χ0) is 13.2. The fraction of sp³-hybridized carbons (Fsp3) is 0.538. The highest BCUT2D eigenvalue weighted by Crippen LogP contribution is 2.33. The van der Waals surface area contributed by atoms with Crippen LogP contribution >= 0.6 is 11.3 Å². The Labute approximate surface area is 115 Å². The molecule has 3 rings (SSSR count). The van der Waals surface area contributed by atoms with E-state index in [1.165, 1.54) is 4.88 Å². The van der Waals surface area contributed by atoms with Crippen LogP contribution in [0.2, 0.25) is 0 Å². The van der Waals surface area contributed by atoms with E-state index in [1.807, 2.05) is 6.07 Å². The van der Waals surface area contributed by atoms with Crippen molar-refractivity contribution in [1.29, 1.82) is 0 Å². The lowest BCUT2D eigenvalue weighted by Gasteiger charge is -2.00. The lowest BCUT2D eigenvalue weighted by molar-refractivity contribution is 0.185. The van der Waals surface area contributed by atoms with E-state index in [9.17, 15) is 0 Å². The number of rotatable bonds is 4. The third-order valence-electron chi connectivity index (χ3n) is 3.35. The van der Waals surface area contributed by atoms with Crippen LogP contribution in [0.4, 0.5) is 5.00 Å². The minimum Gasteiger partial charge on any atom is -0.390 e. The van der Waals surface area contributed by atoms with E-state index in [-0.39, 0.29) is 0 Å². The van der Waals surface area contributed by atoms with E-state index in [1.54, 1.807) is 11.3 Å². The lowest BCUT2D eigenvalue weighted by atomic mass is 10.1. The number of nitrogen functional groups attached to an aromatic ring is 1. The predicted octanol–water partition coefficient (Wildman–Crippen LogP) is 2.52. The zero-order valence-corrected chi connectivity index (χ0v) is 11.7. The van der Waals surface area contributed by atoms with Crippen LogP contribution in [-0.2, 0) is 17.6 Å². The predicted molar refractivity (Wildman–Crippen MR) is 74.0 cm³/mol. The molecule has 0 aromatic carbocycles. The van der Waals surface area contributed by atoms with Crippen molar-refractivity contribution in [3.63, 3.8) is 0 Å². The average molecular weight is 279 g/mol. The van der Waals surface area contributed by atoms with Gasteiger partial charge in [-0.3, -0.25) is 0 Å². The molecule has 2 aromatic heterocycles. The van der Waals surface area contributed by atoms with E-state index < -0.39 is 0 Å². The van der Waals surface area contributed by atoms with Gasteiger partial charge in [0.05, 0.1) is 10.6 Å². The standard InChI is InChI=1S/C13H17N3O2S/c1-2-9-6-10(12(14)19-9)13-15-11(16-18-13)5-8-3-4-17-7-8/h6,8H,2-5,7,14H2,1H3. The van der Waals surface area contributed by atoms with Crippen LogP contribution in [0.3, 0.4) is 0 Å². The molecule has 1 aliphatic heterocycles. The Morgan fingerprint density at radius 2 is 2.42 bits per heavy atom. The van der Waals surface area contributed by atoms with Gasteiger partial charge in [0.1, 0.15) is 0 Å². The van der Waals surface area contributed by atoms with Gasteiger partial charge < -0.3 is 15.0 Å². The van der Waals surface area contributed by atoms with Gasteiger partial charge in [-0.25, -0.2) is 0 Å². The average Bonchev–Trinajstić information content (AvgIpc) is 3.10. The number of aryl methyl sites for hydroxylation is 1. The molecule has 0 aliphatic carbocycles. The number of anilines is 1. The van der Waals surface area contributed by atoms with Crippen LogP contribution < -0.4 is 5.73 Å². The Morgan fingerprint density at radius 3 is 3.11 bits per heavy atom. The van der Waals surface area contributed by atoms with Crippen LogP contribution in [0.5, 0.6) is 0 Å². The number of nitrogens with zero attached hydrogens (tertiary/aromatic N) is 2. The molecule has 5 nitrogen and oxygen atoms in total. The van der Waals surface area contributed by atoms with Crippen molar-refractivity contribution in [3.05, 3.63) is 16.8 Å². The van der Waals surface area contributed by atoms with Crippen LogP contribution in [0.1, 0.15) is 24.0 Å². The second-order valence-electron chi connectivity index (χ2n) is 4.79. The number of hydrogen-bond acceptors (Lipinski definition) is 6. The molecule has 0 spiro atoms. The van der Waals surface area contributed by atoms with Crippen molar-refractivity contribution in [3.8, 4) is 11.5 Å². The third-order valence-corrected chi connectivity index (χ3v) is 4.46. The van der Waals surface area contributed by atoms with E-state index in [0.717, 1.165) is 48.9 Å². The highest BCUT2D eigenvalue weighted by atomic mass is 32.1. The van der Waals surface area contributed by atoms with Crippen molar-refractivity contribution < 1.29 is 9.26 Å². The molecule has 0 bridgehead atoms. The maximum Gasteiger partial charge on any atom is 0.260 e. The van der Waals surface area contributed by atoms with Crippen molar-refractivity contribution in [1.82, 2.24) is 10.1 Å². The molecular formula is C13H17N3O2S. The van der Waals surface area contributed by atoms with E-state index in [4.69, 9.17) is 15.0 Å². The van der Waals surface area contributed by atoms with Gasteiger partial charge in [0.25, 0.3) is 5.89 Å². The summed E-state index contributed by atoms with van der Waals surface area (Å²) in [6.45, 7) is 3.74. The number of nitrogens with two attached hydrogens (primary N) is 1. The zero-order valence-electron chi connectivity index (χ0n) is 10.9. The number of aromatic nitrogens is 2. The van der Waals surface area contributed by atoms with E-state index >= 15 is 0 Å². The second kappa shape index (κ2) is 5.30. The summed E-state index contributed by atoms with van der Waals surface area (Å²) in [7, 11) is 0. The molecule has 6 heteroatoms. The van der Waals surface area contributed by atoms with Gasteiger partial charge >= 0.3 is 0 Å². The summed E-state index contributed by atoms with van der Waals surface area (Å²) in [6, 6.07) is 2.04. The molecule has 1 fully saturated rings. The minimum atomic E-state index is 0.511. The Hall–Kier alpha value is -1.40. The molecule has 1 unspecified atom stereocenters. The molecule has 102 valence electrons. The Balaban J connectivity index is 1.77. The van der Waals surface area contributed by atoms with Crippen molar-refractivity contribution >= 4 is 16.3 Å². The monoisotopic (exact) mass is 279 g/mol. The first kappa shape index (κ1) is 12.6. The summed E-state index contributed by atoms with van der Waals surface area (Å²) < 4.78 is 10.7. The summed E-state index contributed by atoms with van der Waals surface area (Å²) >= 11 is 1.58. The maximum atomic E-state index is 5.99. The molecule has 1 aliphatic rings. The second-order valence-corrected chi connectivity index (χ2v) is 5.96. The molecule has 0 saturated carbocycles. The number of ether oxygens (including phenoxy) is 1. The van der Waals surface area contributed by atoms with Crippen LogP contribution in [0.25, 0.3) is 11.5 Å². The number of hydrogen-bond donors (Lipinski definition) is 1. The molecule has 0 amide bonds. The lowest BCUT2D eigenvalue weighted by Crippen LogP contribution is -2.04. The van der Waals surface area contributed by atoms with Gasteiger partial charge in [0, 0.05) is 24.5 Å². The Kier molecular flexibility index (Phi) is 3.52. The summed E-state index contributed by atoms with van der Waals surface area (Å²) in [5.74, 6) is 1.79. The van der Waals surface area contributed by atoms with Crippen molar-refractivity contribution in [2.24, 2.45) is 5.92 Å². The molecule has 0 radical (unpaired) electrons. The van der Waals surface area contributed by atoms with Crippen LogP contribution in [0.15, 0.2) is 10.6 Å². The molecule has 1 atom stereocenters. The first-order chi connectivity index (χ1) is 9.26. The minimum absolute atomic E-state index is 0.511. The van der Waals surface area contributed by atoms with Crippen molar-refractivity contribution in [2.75, 3.05) is 18.9 Å². The quantitative estimate of drug-likeness (QED) is 0.930. The summed E-state index contributed by atoms with van der Waals surface area (Å²) in [5.41, 5.74) is 6.86. The largest absolute Gasteiger partial charge is 0.390 e. The summed E-state index contributed by atoms with van der Waals surface area (Å²) in [6.07, 6.45) is 2.86. The molecule has 1 saturated heterocycles. The van der Waals surface area contributed by atoms with E-state index in [2.05, 4.69) is 17.1 Å². The fourth-order valence-electron chi connectivity index (χ4n) is 2.25. The van der Waals surface area contributed by atoms with Gasteiger partial charge in [-0.15, -0.1) is 11.3 Å². The van der Waals surface area contributed by atoms with E-state index in [0.29, 0.717) is 11.8 Å². The normalized spacial score (nSPS) is 19.1. The molecular weight excluding hydrogens is 262 g/mol. The van der Waals surface area contributed by atoms with Crippen molar-refractivity contribution in [2.45, 2.75) is 26.2 Å². The smallest absolute Gasteiger partial charge is 0.260 e. The van der Waals surface area contributed by atoms with Gasteiger partial charge in [0.2, 0.25) is 0 Å². The van der Waals surface area contributed by atoms with Crippen LogP contribution in [-0.4, -0.2) is 23.4 Å².